The molecule has 146 valence electrons. The van der Waals surface area contributed by atoms with Gasteiger partial charge in [-0.3, -0.25) is 0 Å². The predicted molar refractivity (Wildman–Crippen MR) is 89.6 cm³/mol. The minimum atomic E-state index is -1.37. The molecule has 8 atom stereocenters. The highest BCUT2D eigenvalue weighted by molar-refractivity contribution is 5.03. The lowest BCUT2D eigenvalue weighted by Gasteiger charge is -2.39. The lowest BCUT2D eigenvalue weighted by molar-refractivity contribution is -0.228. The van der Waals surface area contributed by atoms with E-state index in [1.54, 1.807) is 12.2 Å². The molecule has 0 radical (unpaired) electrons. The van der Waals surface area contributed by atoms with Crippen LogP contribution in [0.4, 0.5) is 0 Å². The summed E-state index contributed by atoms with van der Waals surface area (Å²) in [5.41, 5.74) is 6.19. The summed E-state index contributed by atoms with van der Waals surface area (Å²) in [5, 5.41) is 38.8. The third-order valence-electron chi connectivity index (χ3n) is 4.72. The first-order valence-corrected chi connectivity index (χ1v) is 8.78. The number of nitrogens with two attached hydrogens (primary N) is 1. The first kappa shape index (κ1) is 20.7. The van der Waals surface area contributed by atoms with Gasteiger partial charge in [-0.2, -0.15) is 0 Å². The quantitative estimate of drug-likeness (QED) is 0.382. The van der Waals surface area contributed by atoms with E-state index in [9.17, 15) is 20.4 Å². The Bertz CT molecular complexity index is 456. The molecule has 2 rings (SSSR count). The molecule has 0 aromatic carbocycles. The summed E-state index contributed by atoms with van der Waals surface area (Å²) in [6.45, 7) is 5.26. The van der Waals surface area contributed by atoms with Crippen molar-refractivity contribution >= 4 is 0 Å². The first-order chi connectivity index (χ1) is 11.7. The standard InChI is InChI=1S/C17H31NO7/c1-4-10-16(25-17(2,3)24-10)9(18)6-5-7-11-13(20)15(22)14(21)12(8-19)23-11/h5-6,9-16,19-22H,4,7-8,18H2,1-3H3/b6-5-/t9-,10+,11-,12?,13?,14-,15+,16-/m0/s1. The van der Waals surface area contributed by atoms with Crippen molar-refractivity contribution < 1.29 is 34.6 Å². The van der Waals surface area contributed by atoms with Crippen LogP contribution in [0.2, 0.25) is 0 Å². The van der Waals surface area contributed by atoms with Crippen LogP contribution < -0.4 is 5.73 Å². The second-order valence-electron chi connectivity index (χ2n) is 7.16. The Balaban J connectivity index is 1.93. The van der Waals surface area contributed by atoms with Crippen LogP contribution in [0.3, 0.4) is 0 Å². The van der Waals surface area contributed by atoms with E-state index < -0.39 is 49.0 Å². The molecular formula is C17H31NO7. The Labute approximate surface area is 148 Å². The van der Waals surface area contributed by atoms with E-state index in [4.69, 9.17) is 19.9 Å². The number of hydrogen-bond donors (Lipinski definition) is 5. The molecule has 2 fully saturated rings. The molecule has 2 aliphatic heterocycles. The van der Waals surface area contributed by atoms with Crippen molar-refractivity contribution in [1.29, 1.82) is 0 Å². The maximum atomic E-state index is 10.0. The van der Waals surface area contributed by atoms with Gasteiger partial charge in [0.05, 0.1) is 24.9 Å². The van der Waals surface area contributed by atoms with Crippen LogP contribution >= 0.6 is 0 Å². The van der Waals surface area contributed by atoms with E-state index in [0.29, 0.717) is 0 Å². The molecule has 8 nitrogen and oxygen atoms in total. The van der Waals surface area contributed by atoms with Crippen LogP contribution in [0, 0.1) is 0 Å². The highest BCUT2D eigenvalue weighted by Gasteiger charge is 2.44. The summed E-state index contributed by atoms with van der Waals surface area (Å²) >= 11 is 0. The lowest BCUT2D eigenvalue weighted by Crippen LogP contribution is -2.58. The van der Waals surface area contributed by atoms with E-state index >= 15 is 0 Å². The summed E-state index contributed by atoms with van der Waals surface area (Å²) in [4.78, 5) is 0. The number of aliphatic hydroxyl groups is 4. The van der Waals surface area contributed by atoms with Crippen LogP contribution in [0.5, 0.6) is 0 Å². The fourth-order valence-corrected chi connectivity index (χ4v) is 3.36. The molecule has 0 spiro atoms. The molecule has 8 heteroatoms. The molecule has 0 saturated carbocycles. The Hall–Kier alpha value is -0.580. The van der Waals surface area contributed by atoms with Gasteiger partial charge < -0.3 is 40.4 Å². The second-order valence-corrected chi connectivity index (χ2v) is 7.16. The Morgan fingerprint density at radius 2 is 1.68 bits per heavy atom. The highest BCUT2D eigenvalue weighted by Crippen LogP contribution is 2.31. The zero-order valence-corrected chi connectivity index (χ0v) is 15.0. The van der Waals surface area contributed by atoms with Gasteiger partial charge >= 0.3 is 0 Å². The van der Waals surface area contributed by atoms with Gasteiger partial charge in [0.1, 0.15) is 30.5 Å². The molecule has 2 heterocycles. The van der Waals surface area contributed by atoms with Crippen LogP contribution in [0.25, 0.3) is 0 Å². The van der Waals surface area contributed by atoms with Crippen molar-refractivity contribution in [2.24, 2.45) is 5.73 Å². The molecule has 0 aromatic rings. The zero-order valence-electron chi connectivity index (χ0n) is 15.0. The highest BCUT2D eigenvalue weighted by atomic mass is 16.8. The number of aliphatic hydroxyl groups excluding tert-OH is 4. The molecule has 2 unspecified atom stereocenters. The fraction of sp³-hybridized carbons (Fsp3) is 0.882. The van der Waals surface area contributed by atoms with Gasteiger partial charge in [0.2, 0.25) is 0 Å². The summed E-state index contributed by atoms with van der Waals surface area (Å²) < 4.78 is 17.1. The van der Waals surface area contributed by atoms with E-state index in [0.717, 1.165) is 6.42 Å². The second kappa shape index (κ2) is 8.41. The SMILES string of the molecule is CC[C@H]1OC(C)(C)O[C@H]1[C@@H](N)/C=C\C[C@@H]1OC(CO)[C@H](O)[C@H](O)C1O. The fourth-order valence-electron chi connectivity index (χ4n) is 3.36. The molecule has 0 aromatic heterocycles. The summed E-state index contributed by atoms with van der Waals surface area (Å²) in [6, 6.07) is -0.392. The smallest absolute Gasteiger partial charge is 0.163 e. The Morgan fingerprint density at radius 3 is 2.28 bits per heavy atom. The van der Waals surface area contributed by atoms with Crippen LogP contribution in [0.1, 0.15) is 33.6 Å². The molecule has 0 bridgehead atoms. The topological polar surface area (TPSA) is 135 Å². The maximum absolute atomic E-state index is 10.0. The molecular weight excluding hydrogens is 330 g/mol. The van der Waals surface area contributed by atoms with Crippen molar-refractivity contribution in [3.8, 4) is 0 Å². The predicted octanol–water partition coefficient (Wildman–Crippen LogP) is -0.967. The monoisotopic (exact) mass is 361 g/mol. The van der Waals surface area contributed by atoms with Crippen molar-refractivity contribution in [2.75, 3.05) is 6.61 Å². The van der Waals surface area contributed by atoms with Gasteiger partial charge in [0, 0.05) is 0 Å². The van der Waals surface area contributed by atoms with E-state index in [1.165, 1.54) is 0 Å². The Morgan fingerprint density at radius 1 is 1.04 bits per heavy atom. The molecule has 6 N–H and O–H groups in total. The first-order valence-electron chi connectivity index (χ1n) is 8.78. The van der Waals surface area contributed by atoms with E-state index in [2.05, 4.69) is 0 Å². The van der Waals surface area contributed by atoms with Gasteiger partial charge in [0.15, 0.2) is 5.79 Å². The molecule has 25 heavy (non-hydrogen) atoms. The van der Waals surface area contributed by atoms with Gasteiger partial charge in [-0.15, -0.1) is 0 Å². The van der Waals surface area contributed by atoms with E-state index in [-0.39, 0.29) is 18.6 Å². The summed E-state index contributed by atoms with van der Waals surface area (Å²) in [6.07, 6.45) is -1.39. The van der Waals surface area contributed by atoms with Crippen molar-refractivity contribution in [3.05, 3.63) is 12.2 Å². The maximum Gasteiger partial charge on any atom is 0.163 e. The Kier molecular flexibility index (Phi) is 6.97. The molecule has 0 amide bonds. The largest absolute Gasteiger partial charge is 0.394 e. The average molecular weight is 361 g/mol. The van der Waals surface area contributed by atoms with Crippen molar-refractivity contribution in [1.82, 2.24) is 0 Å². The minimum Gasteiger partial charge on any atom is -0.394 e. The van der Waals surface area contributed by atoms with Crippen molar-refractivity contribution in [3.63, 3.8) is 0 Å². The van der Waals surface area contributed by atoms with Gasteiger partial charge in [0.25, 0.3) is 0 Å². The molecule has 0 aliphatic carbocycles. The summed E-state index contributed by atoms with van der Waals surface area (Å²) in [5.74, 6) is -0.673. The zero-order chi connectivity index (χ0) is 18.8. The van der Waals surface area contributed by atoms with Crippen LogP contribution in [-0.4, -0.2) is 81.6 Å². The normalized spacial score (nSPS) is 42.8. The minimum absolute atomic E-state index is 0.0955. The number of ether oxygens (including phenoxy) is 3. The van der Waals surface area contributed by atoms with Crippen molar-refractivity contribution in [2.45, 2.75) is 88.2 Å². The van der Waals surface area contributed by atoms with Gasteiger partial charge in [-0.05, 0) is 26.7 Å². The van der Waals surface area contributed by atoms with E-state index in [1.807, 2.05) is 20.8 Å². The summed E-state index contributed by atoms with van der Waals surface area (Å²) in [7, 11) is 0. The molecule has 2 saturated heterocycles. The lowest BCUT2D eigenvalue weighted by atomic mass is 9.93. The van der Waals surface area contributed by atoms with Gasteiger partial charge in [-0.25, -0.2) is 0 Å². The average Bonchev–Trinajstić information content (AvgIpc) is 2.89. The third-order valence-corrected chi connectivity index (χ3v) is 4.72. The third kappa shape index (κ3) is 4.78. The van der Waals surface area contributed by atoms with Crippen LogP contribution in [0.15, 0.2) is 12.2 Å². The van der Waals surface area contributed by atoms with Gasteiger partial charge in [-0.1, -0.05) is 19.1 Å². The van der Waals surface area contributed by atoms with Crippen LogP contribution in [-0.2, 0) is 14.2 Å². The molecule has 2 aliphatic rings. The number of rotatable bonds is 6. The number of hydrogen-bond acceptors (Lipinski definition) is 8.